The number of benzene rings is 1. The molecule has 26 heavy (non-hydrogen) atoms. The second kappa shape index (κ2) is 7.95. The second-order valence-electron chi connectivity index (χ2n) is 6.62. The molecule has 7 nitrogen and oxygen atoms in total. The Balaban J connectivity index is 1.67. The van der Waals surface area contributed by atoms with E-state index in [1.165, 1.54) is 6.92 Å². The molecule has 136 valence electrons. The van der Waals surface area contributed by atoms with Crippen LogP contribution in [0.5, 0.6) is 0 Å². The number of hydrogen-bond acceptors (Lipinski definition) is 5. The second-order valence-corrected chi connectivity index (χ2v) is 6.62. The van der Waals surface area contributed by atoms with Crippen LogP contribution in [0.2, 0.25) is 0 Å². The van der Waals surface area contributed by atoms with Crippen LogP contribution in [0.1, 0.15) is 37.2 Å². The van der Waals surface area contributed by atoms with Crippen LogP contribution in [0, 0.1) is 5.92 Å². The zero-order chi connectivity index (χ0) is 18.5. The third-order valence-corrected chi connectivity index (χ3v) is 4.41. The number of piperidine rings is 1. The summed E-state index contributed by atoms with van der Waals surface area (Å²) in [6, 6.07) is 8.84. The molecule has 0 atom stereocenters. The average Bonchev–Trinajstić information content (AvgIpc) is 2.63. The molecule has 0 unspecified atom stereocenters. The maximum absolute atomic E-state index is 12.6. The summed E-state index contributed by atoms with van der Waals surface area (Å²) in [4.78, 5) is 34.1. The van der Waals surface area contributed by atoms with Gasteiger partial charge in [-0.2, -0.15) is 0 Å². The molecule has 1 aromatic heterocycles. The Morgan fingerprint density at radius 1 is 1.08 bits per heavy atom. The van der Waals surface area contributed by atoms with E-state index < -0.39 is 0 Å². The molecule has 3 rings (SSSR count). The average molecular weight is 353 g/mol. The van der Waals surface area contributed by atoms with Crippen molar-refractivity contribution in [3.63, 3.8) is 0 Å². The summed E-state index contributed by atoms with van der Waals surface area (Å²) < 4.78 is 0. The molecule has 2 heterocycles. The minimum absolute atomic E-state index is 0.0524. The first-order chi connectivity index (χ1) is 12.5. The highest BCUT2D eigenvalue weighted by molar-refractivity contribution is 5.92. The number of carbonyl (C=O) groups excluding carboxylic acids is 2. The van der Waals surface area contributed by atoms with Gasteiger partial charge in [-0.3, -0.25) is 9.59 Å². The first-order valence-electron chi connectivity index (χ1n) is 8.78. The van der Waals surface area contributed by atoms with Gasteiger partial charge in [-0.15, -0.1) is 0 Å². The number of likely N-dealkylation sites (tertiary alicyclic amines) is 1. The van der Waals surface area contributed by atoms with Crippen molar-refractivity contribution >= 4 is 29.1 Å². The number of hydrogen-bond donors (Lipinski definition) is 2. The van der Waals surface area contributed by atoms with Gasteiger partial charge in [0.2, 0.25) is 11.9 Å². The van der Waals surface area contributed by atoms with E-state index in [0.717, 1.165) is 31.6 Å². The molecule has 1 aromatic carbocycles. The number of amides is 2. The highest BCUT2D eigenvalue weighted by Crippen LogP contribution is 2.19. The fourth-order valence-corrected chi connectivity index (χ4v) is 2.88. The smallest absolute Gasteiger partial charge is 0.272 e. The van der Waals surface area contributed by atoms with Crippen molar-refractivity contribution in [2.75, 3.05) is 23.7 Å². The van der Waals surface area contributed by atoms with Gasteiger partial charge in [0.1, 0.15) is 5.69 Å². The molecular formula is C19H23N5O2. The van der Waals surface area contributed by atoms with Crippen molar-refractivity contribution in [3.8, 4) is 0 Å². The standard InChI is InChI=1S/C19H23N5O2/c1-13-8-11-24(12-9-13)18(26)17-7-10-20-19(23-17)22-16-5-3-15(4-6-16)21-14(2)25/h3-7,10,13H,8-9,11-12H2,1-2H3,(H,21,25)(H,20,22,23). The van der Waals surface area contributed by atoms with E-state index in [4.69, 9.17) is 0 Å². The van der Waals surface area contributed by atoms with E-state index >= 15 is 0 Å². The minimum Gasteiger partial charge on any atom is -0.337 e. The van der Waals surface area contributed by atoms with E-state index in [-0.39, 0.29) is 11.8 Å². The maximum atomic E-state index is 12.6. The lowest BCUT2D eigenvalue weighted by Crippen LogP contribution is -2.38. The topological polar surface area (TPSA) is 87.2 Å². The molecule has 0 bridgehead atoms. The monoisotopic (exact) mass is 353 g/mol. The van der Waals surface area contributed by atoms with Gasteiger partial charge in [0.25, 0.3) is 5.91 Å². The number of anilines is 3. The molecule has 0 spiro atoms. The van der Waals surface area contributed by atoms with Crippen LogP contribution in [-0.2, 0) is 4.79 Å². The van der Waals surface area contributed by atoms with Crippen LogP contribution in [0.4, 0.5) is 17.3 Å². The largest absolute Gasteiger partial charge is 0.337 e. The molecular weight excluding hydrogens is 330 g/mol. The van der Waals surface area contributed by atoms with Crippen LogP contribution >= 0.6 is 0 Å². The predicted octanol–water partition coefficient (Wildman–Crippen LogP) is 3.05. The van der Waals surface area contributed by atoms with Gasteiger partial charge >= 0.3 is 0 Å². The summed E-state index contributed by atoms with van der Waals surface area (Å²) in [6.07, 6.45) is 3.64. The van der Waals surface area contributed by atoms with E-state index in [0.29, 0.717) is 23.2 Å². The van der Waals surface area contributed by atoms with Crippen LogP contribution in [0.3, 0.4) is 0 Å². The quantitative estimate of drug-likeness (QED) is 0.882. The molecule has 1 aliphatic heterocycles. The fourth-order valence-electron chi connectivity index (χ4n) is 2.88. The summed E-state index contributed by atoms with van der Waals surface area (Å²) in [5.41, 5.74) is 1.88. The lowest BCUT2D eigenvalue weighted by atomic mass is 9.99. The number of nitrogens with one attached hydrogen (secondary N) is 2. The molecule has 1 fully saturated rings. The van der Waals surface area contributed by atoms with Crippen LogP contribution < -0.4 is 10.6 Å². The number of rotatable bonds is 4. The zero-order valence-corrected chi connectivity index (χ0v) is 15.0. The third kappa shape index (κ3) is 4.56. The summed E-state index contributed by atoms with van der Waals surface area (Å²) in [7, 11) is 0. The highest BCUT2D eigenvalue weighted by atomic mass is 16.2. The van der Waals surface area contributed by atoms with Crippen LogP contribution in [0.15, 0.2) is 36.5 Å². The molecule has 2 aromatic rings. The van der Waals surface area contributed by atoms with Gasteiger partial charge in [0.15, 0.2) is 0 Å². The molecule has 7 heteroatoms. The van der Waals surface area contributed by atoms with Crippen molar-refractivity contribution in [1.29, 1.82) is 0 Å². The van der Waals surface area contributed by atoms with Crippen molar-refractivity contribution in [2.24, 2.45) is 5.92 Å². The zero-order valence-electron chi connectivity index (χ0n) is 15.0. The minimum atomic E-state index is -0.118. The molecule has 2 N–H and O–H groups in total. The van der Waals surface area contributed by atoms with Crippen LogP contribution in [0.25, 0.3) is 0 Å². The van der Waals surface area contributed by atoms with Gasteiger partial charge in [0, 0.05) is 37.6 Å². The summed E-state index contributed by atoms with van der Waals surface area (Å²) in [5.74, 6) is 0.867. The Bertz CT molecular complexity index is 783. The number of carbonyl (C=O) groups is 2. The van der Waals surface area contributed by atoms with Crippen molar-refractivity contribution in [2.45, 2.75) is 26.7 Å². The fraction of sp³-hybridized carbons (Fsp3) is 0.368. The molecule has 0 radical (unpaired) electrons. The molecule has 1 aliphatic rings. The normalized spacial score (nSPS) is 14.8. The molecule has 0 aliphatic carbocycles. The SMILES string of the molecule is CC(=O)Nc1ccc(Nc2nccc(C(=O)N3CCC(C)CC3)n2)cc1. The lowest BCUT2D eigenvalue weighted by molar-refractivity contribution is -0.114. The van der Waals surface area contributed by atoms with Crippen molar-refractivity contribution in [1.82, 2.24) is 14.9 Å². The Hall–Kier alpha value is -2.96. The number of nitrogens with zero attached hydrogens (tertiary/aromatic N) is 3. The highest BCUT2D eigenvalue weighted by Gasteiger charge is 2.22. The Morgan fingerprint density at radius 3 is 2.38 bits per heavy atom. The predicted molar refractivity (Wildman–Crippen MR) is 100 cm³/mol. The third-order valence-electron chi connectivity index (χ3n) is 4.41. The maximum Gasteiger partial charge on any atom is 0.272 e. The Morgan fingerprint density at radius 2 is 1.73 bits per heavy atom. The van der Waals surface area contributed by atoms with E-state index in [1.807, 2.05) is 17.0 Å². The van der Waals surface area contributed by atoms with Crippen molar-refractivity contribution in [3.05, 3.63) is 42.2 Å². The Labute approximate surface area is 152 Å². The van der Waals surface area contributed by atoms with E-state index in [9.17, 15) is 9.59 Å². The van der Waals surface area contributed by atoms with Gasteiger partial charge < -0.3 is 15.5 Å². The van der Waals surface area contributed by atoms with Crippen LogP contribution in [-0.4, -0.2) is 39.8 Å². The lowest BCUT2D eigenvalue weighted by Gasteiger charge is -2.30. The van der Waals surface area contributed by atoms with Gasteiger partial charge in [-0.1, -0.05) is 6.92 Å². The van der Waals surface area contributed by atoms with Crippen molar-refractivity contribution < 1.29 is 9.59 Å². The van der Waals surface area contributed by atoms with Gasteiger partial charge in [0.05, 0.1) is 0 Å². The molecule has 2 amide bonds. The molecule has 1 saturated heterocycles. The van der Waals surface area contributed by atoms with E-state index in [2.05, 4.69) is 27.5 Å². The van der Waals surface area contributed by atoms with Gasteiger partial charge in [-0.25, -0.2) is 9.97 Å². The Kier molecular flexibility index (Phi) is 5.46. The summed E-state index contributed by atoms with van der Waals surface area (Å²) in [5, 5.41) is 5.80. The number of aromatic nitrogens is 2. The summed E-state index contributed by atoms with van der Waals surface area (Å²) >= 11 is 0. The first kappa shape index (κ1) is 17.8. The molecule has 0 saturated carbocycles. The van der Waals surface area contributed by atoms with Gasteiger partial charge in [-0.05, 0) is 49.1 Å². The van der Waals surface area contributed by atoms with E-state index in [1.54, 1.807) is 24.4 Å². The first-order valence-corrected chi connectivity index (χ1v) is 8.78. The summed E-state index contributed by atoms with van der Waals surface area (Å²) in [6.45, 7) is 5.23.